The molecule has 0 amide bonds. The highest BCUT2D eigenvalue weighted by molar-refractivity contribution is 7.89. The number of fused-ring (bicyclic) bond motifs is 1. The van der Waals surface area contributed by atoms with Crippen LogP contribution in [-0.2, 0) is 16.6 Å². The molecule has 1 N–H and O–H groups in total. The minimum Gasteiger partial charge on any atom is -0.294 e. The van der Waals surface area contributed by atoms with Crippen molar-refractivity contribution in [2.45, 2.75) is 31.3 Å². The maximum Gasteiger partial charge on any atom is 0.308 e. The van der Waals surface area contributed by atoms with E-state index >= 15 is 0 Å². The van der Waals surface area contributed by atoms with Crippen molar-refractivity contribution >= 4 is 31.6 Å². The predicted octanol–water partition coefficient (Wildman–Crippen LogP) is 4.46. The fraction of sp³-hybridized carbons (Fsp3) is 0.174. The van der Waals surface area contributed by atoms with E-state index in [0.29, 0.717) is 11.2 Å². The molecule has 1 atom stereocenters. The molecule has 5 nitrogen and oxygen atoms in total. The average molecular weight is 439 g/mol. The smallest absolute Gasteiger partial charge is 0.294 e. The molecule has 1 aromatic heterocycles. The van der Waals surface area contributed by atoms with E-state index in [1.54, 1.807) is 22.8 Å². The zero-order chi connectivity index (χ0) is 21.3. The Morgan fingerprint density at radius 1 is 1.00 bits per heavy atom. The van der Waals surface area contributed by atoms with E-state index in [0.717, 1.165) is 33.5 Å². The maximum atomic E-state index is 13.0. The Balaban J connectivity index is 1.65. The number of benzene rings is 3. The highest BCUT2D eigenvalue weighted by Gasteiger charge is 2.21. The summed E-state index contributed by atoms with van der Waals surface area (Å²) >= 11 is 1.06. The van der Waals surface area contributed by atoms with Gasteiger partial charge in [-0.3, -0.25) is 9.36 Å². The summed E-state index contributed by atoms with van der Waals surface area (Å²) in [6, 6.07) is 21.9. The summed E-state index contributed by atoms with van der Waals surface area (Å²) in [5.74, 6) is 0. The van der Waals surface area contributed by atoms with Crippen molar-refractivity contribution in [2.24, 2.45) is 0 Å². The van der Waals surface area contributed by atoms with Crippen LogP contribution in [0, 0.1) is 6.92 Å². The molecule has 0 saturated carbocycles. The summed E-state index contributed by atoms with van der Waals surface area (Å²) in [6.07, 6.45) is 0. The third-order valence-electron chi connectivity index (χ3n) is 5.12. The maximum absolute atomic E-state index is 13.0. The van der Waals surface area contributed by atoms with E-state index in [1.807, 2.05) is 68.4 Å². The lowest BCUT2D eigenvalue weighted by Crippen LogP contribution is -2.27. The molecular weight excluding hydrogens is 416 g/mol. The first-order chi connectivity index (χ1) is 14.3. The number of sulfonamides is 1. The molecule has 154 valence electrons. The highest BCUT2D eigenvalue weighted by Crippen LogP contribution is 2.25. The number of aryl methyl sites for hydroxylation is 1. The van der Waals surface area contributed by atoms with Crippen molar-refractivity contribution in [3.8, 4) is 0 Å². The predicted molar refractivity (Wildman–Crippen MR) is 122 cm³/mol. The van der Waals surface area contributed by atoms with Crippen LogP contribution in [0.4, 0.5) is 0 Å². The largest absolute Gasteiger partial charge is 0.308 e. The van der Waals surface area contributed by atoms with Gasteiger partial charge in [0, 0.05) is 6.04 Å². The Kier molecular flexibility index (Phi) is 5.60. The summed E-state index contributed by atoms with van der Waals surface area (Å²) in [7, 11) is -3.73. The van der Waals surface area contributed by atoms with Crippen LogP contribution in [0.15, 0.2) is 82.5 Å². The van der Waals surface area contributed by atoms with Crippen LogP contribution in [0.5, 0.6) is 0 Å². The third-order valence-corrected chi connectivity index (χ3v) is 7.60. The number of hydrogen-bond acceptors (Lipinski definition) is 4. The van der Waals surface area contributed by atoms with E-state index in [-0.39, 0.29) is 15.8 Å². The molecule has 0 bridgehead atoms. The van der Waals surface area contributed by atoms with Gasteiger partial charge in [-0.15, -0.1) is 0 Å². The van der Waals surface area contributed by atoms with Crippen LogP contribution in [0.2, 0.25) is 0 Å². The number of hydrogen-bond donors (Lipinski definition) is 1. The van der Waals surface area contributed by atoms with Crippen LogP contribution in [-0.4, -0.2) is 13.0 Å². The molecular formula is C23H22N2O3S2. The van der Waals surface area contributed by atoms with Crippen LogP contribution in [0.3, 0.4) is 0 Å². The zero-order valence-corrected chi connectivity index (χ0v) is 18.3. The Hall–Kier alpha value is -2.74. The summed E-state index contributed by atoms with van der Waals surface area (Å²) < 4.78 is 31.0. The lowest BCUT2D eigenvalue weighted by atomic mass is 10.0. The Morgan fingerprint density at radius 3 is 2.43 bits per heavy atom. The van der Waals surface area contributed by atoms with Crippen LogP contribution >= 0.6 is 11.3 Å². The highest BCUT2D eigenvalue weighted by atomic mass is 32.2. The summed E-state index contributed by atoms with van der Waals surface area (Å²) in [5.41, 5.74) is 3.71. The van der Waals surface area contributed by atoms with Gasteiger partial charge in [0.2, 0.25) is 10.0 Å². The SMILES string of the molecule is Cc1ccccc1[C@H](C)NS(=O)(=O)c1ccc2c(c1)sc(=O)n2Cc1ccccc1. The van der Waals surface area contributed by atoms with Gasteiger partial charge in [0.15, 0.2) is 0 Å². The van der Waals surface area contributed by atoms with E-state index in [9.17, 15) is 13.2 Å². The molecule has 0 unspecified atom stereocenters. The number of nitrogens with zero attached hydrogens (tertiary/aromatic N) is 1. The zero-order valence-electron chi connectivity index (χ0n) is 16.7. The lowest BCUT2D eigenvalue weighted by Gasteiger charge is -2.17. The van der Waals surface area contributed by atoms with Gasteiger partial charge in [-0.25, -0.2) is 13.1 Å². The van der Waals surface area contributed by atoms with Crippen molar-refractivity contribution in [1.82, 2.24) is 9.29 Å². The van der Waals surface area contributed by atoms with Gasteiger partial charge in [-0.2, -0.15) is 0 Å². The summed E-state index contributed by atoms with van der Waals surface area (Å²) in [4.78, 5) is 12.6. The van der Waals surface area contributed by atoms with Crippen LogP contribution in [0.1, 0.15) is 29.7 Å². The van der Waals surface area contributed by atoms with E-state index in [2.05, 4.69) is 4.72 Å². The second-order valence-corrected chi connectivity index (χ2v) is 9.98. The molecule has 30 heavy (non-hydrogen) atoms. The minimum absolute atomic E-state index is 0.107. The Labute approximate surface area is 179 Å². The molecule has 0 aliphatic rings. The van der Waals surface area contributed by atoms with Gasteiger partial charge in [-0.1, -0.05) is 65.9 Å². The number of rotatable bonds is 6. The minimum atomic E-state index is -3.73. The first-order valence-electron chi connectivity index (χ1n) is 9.60. The van der Waals surface area contributed by atoms with Crippen molar-refractivity contribution in [3.05, 3.63) is 99.2 Å². The second-order valence-electron chi connectivity index (χ2n) is 7.27. The van der Waals surface area contributed by atoms with Gasteiger partial charge >= 0.3 is 4.87 Å². The number of nitrogens with one attached hydrogen (secondary N) is 1. The van der Waals surface area contributed by atoms with Gasteiger partial charge in [-0.05, 0) is 48.7 Å². The molecule has 0 aliphatic heterocycles. The Morgan fingerprint density at radius 2 is 1.70 bits per heavy atom. The van der Waals surface area contributed by atoms with Gasteiger partial charge in [0.1, 0.15) is 0 Å². The molecule has 4 aromatic rings. The fourth-order valence-electron chi connectivity index (χ4n) is 3.57. The van der Waals surface area contributed by atoms with Crippen molar-refractivity contribution in [3.63, 3.8) is 0 Å². The van der Waals surface area contributed by atoms with E-state index in [4.69, 9.17) is 0 Å². The fourth-order valence-corrected chi connectivity index (χ4v) is 5.82. The van der Waals surface area contributed by atoms with Crippen LogP contribution < -0.4 is 9.60 Å². The molecule has 7 heteroatoms. The van der Waals surface area contributed by atoms with Gasteiger partial charge in [0.05, 0.1) is 21.7 Å². The number of thiazole rings is 1. The molecule has 0 spiro atoms. The molecule has 0 aliphatic carbocycles. The van der Waals surface area contributed by atoms with Crippen molar-refractivity contribution in [2.75, 3.05) is 0 Å². The number of aromatic nitrogens is 1. The molecule has 3 aromatic carbocycles. The van der Waals surface area contributed by atoms with Crippen LogP contribution in [0.25, 0.3) is 10.2 Å². The molecule has 1 heterocycles. The van der Waals surface area contributed by atoms with Crippen molar-refractivity contribution < 1.29 is 8.42 Å². The van der Waals surface area contributed by atoms with Crippen molar-refractivity contribution in [1.29, 1.82) is 0 Å². The summed E-state index contributed by atoms with van der Waals surface area (Å²) in [5, 5.41) is 0. The molecule has 4 rings (SSSR count). The average Bonchev–Trinajstić information content (AvgIpc) is 3.03. The van der Waals surface area contributed by atoms with Gasteiger partial charge < -0.3 is 0 Å². The lowest BCUT2D eigenvalue weighted by molar-refractivity contribution is 0.566. The van der Waals surface area contributed by atoms with Gasteiger partial charge in [0.25, 0.3) is 0 Å². The molecule has 0 fully saturated rings. The quantitative estimate of drug-likeness (QED) is 0.483. The monoisotopic (exact) mass is 438 g/mol. The first kappa shape index (κ1) is 20.5. The third kappa shape index (κ3) is 4.09. The normalized spacial score (nSPS) is 12.9. The topological polar surface area (TPSA) is 68.2 Å². The Bertz CT molecular complexity index is 1360. The first-order valence-corrected chi connectivity index (χ1v) is 11.9. The van der Waals surface area contributed by atoms with E-state index < -0.39 is 10.0 Å². The molecule has 0 radical (unpaired) electrons. The molecule has 0 saturated heterocycles. The standard InChI is InChI=1S/C23H22N2O3S2/c1-16-8-6-7-11-20(16)17(2)24-30(27,28)19-12-13-21-22(14-19)29-23(26)25(21)15-18-9-4-3-5-10-18/h3-14,17,24H,15H2,1-2H3/t17-/m0/s1. The summed E-state index contributed by atoms with van der Waals surface area (Å²) in [6.45, 7) is 4.24. The second kappa shape index (κ2) is 8.18. The van der Waals surface area contributed by atoms with E-state index in [1.165, 1.54) is 0 Å².